The summed E-state index contributed by atoms with van der Waals surface area (Å²) < 4.78 is 55.3. The Balaban J connectivity index is 1.36. The van der Waals surface area contributed by atoms with Crippen molar-refractivity contribution < 1.29 is 32.2 Å². The van der Waals surface area contributed by atoms with E-state index in [0.717, 1.165) is 23.5 Å². The van der Waals surface area contributed by atoms with Gasteiger partial charge in [-0.15, -0.1) is 13.2 Å². The Bertz CT molecular complexity index is 1250. The average molecular weight is 493 g/mol. The Hall–Kier alpha value is -3.33. The Morgan fingerprint density at radius 1 is 1.12 bits per heavy atom. The van der Waals surface area contributed by atoms with Crippen LogP contribution in [-0.2, 0) is 5.60 Å². The number of carbonyl (C=O) groups excluding carboxylic acids is 1. The summed E-state index contributed by atoms with van der Waals surface area (Å²) in [5.74, 6) is -0.0941. The van der Waals surface area contributed by atoms with Gasteiger partial charge in [0, 0.05) is 49.3 Å². The van der Waals surface area contributed by atoms with Crippen molar-refractivity contribution in [3.05, 3.63) is 71.0 Å². The second kappa shape index (κ2) is 8.16. The molecule has 0 saturated carbocycles. The second-order valence-corrected chi connectivity index (χ2v) is 8.61. The Morgan fingerprint density at radius 2 is 1.88 bits per heavy atom. The zero-order valence-corrected chi connectivity index (χ0v) is 18.8. The van der Waals surface area contributed by atoms with E-state index >= 15 is 0 Å². The molecule has 2 aliphatic rings. The number of hydrogen-bond acceptors (Lipinski definition) is 4. The lowest BCUT2D eigenvalue weighted by Crippen LogP contribution is -2.50. The van der Waals surface area contributed by atoms with Gasteiger partial charge in [-0.3, -0.25) is 4.79 Å². The SMILES string of the molecule is COc1cc(OC(F)(F)F)ccc1C(=O)N1CCC2(CC1)Oc1cc(Cl)ccc1-n1cccc12. The maximum Gasteiger partial charge on any atom is 0.573 e. The molecule has 0 radical (unpaired) electrons. The third-order valence-corrected chi connectivity index (χ3v) is 6.43. The summed E-state index contributed by atoms with van der Waals surface area (Å²) in [5.41, 5.74) is 1.45. The molecule has 0 bridgehead atoms. The molecule has 2 aliphatic heterocycles. The van der Waals surface area contributed by atoms with Gasteiger partial charge in [0.2, 0.25) is 0 Å². The van der Waals surface area contributed by atoms with Gasteiger partial charge in [-0.25, -0.2) is 0 Å². The maximum atomic E-state index is 13.2. The summed E-state index contributed by atoms with van der Waals surface area (Å²) >= 11 is 6.19. The monoisotopic (exact) mass is 492 g/mol. The van der Waals surface area contributed by atoms with Gasteiger partial charge in [0.25, 0.3) is 5.91 Å². The number of hydrogen-bond donors (Lipinski definition) is 0. The number of nitrogens with zero attached hydrogens (tertiary/aromatic N) is 2. The second-order valence-electron chi connectivity index (χ2n) is 8.17. The lowest BCUT2D eigenvalue weighted by atomic mass is 9.86. The first-order valence-electron chi connectivity index (χ1n) is 10.6. The van der Waals surface area contributed by atoms with Gasteiger partial charge in [0.15, 0.2) is 5.60 Å². The van der Waals surface area contributed by atoms with Crippen molar-refractivity contribution in [3.8, 4) is 22.9 Å². The lowest BCUT2D eigenvalue weighted by molar-refractivity contribution is -0.274. The fraction of sp³-hybridized carbons (Fsp3) is 0.292. The summed E-state index contributed by atoms with van der Waals surface area (Å²) in [6.07, 6.45) is -1.80. The van der Waals surface area contributed by atoms with E-state index in [4.69, 9.17) is 21.1 Å². The van der Waals surface area contributed by atoms with Crippen molar-refractivity contribution in [2.24, 2.45) is 0 Å². The number of carbonyl (C=O) groups is 1. The third kappa shape index (κ3) is 3.94. The third-order valence-electron chi connectivity index (χ3n) is 6.20. The number of likely N-dealkylation sites (tertiary alicyclic amines) is 1. The molecule has 34 heavy (non-hydrogen) atoms. The summed E-state index contributed by atoms with van der Waals surface area (Å²) in [6.45, 7) is 0.785. The molecule has 0 unspecified atom stereocenters. The number of alkyl halides is 3. The van der Waals surface area contributed by atoms with Crippen LogP contribution < -0.4 is 14.2 Å². The molecule has 1 amide bonds. The first kappa shape index (κ1) is 22.5. The van der Waals surface area contributed by atoms with Crippen LogP contribution >= 0.6 is 11.6 Å². The molecule has 3 aromatic rings. The number of benzene rings is 2. The number of piperidine rings is 1. The largest absolute Gasteiger partial charge is 0.573 e. The van der Waals surface area contributed by atoms with Crippen LogP contribution in [-0.4, -0.2) is 41.9 Å². The highest BCUT2D eigenvalue weighted by Gasteiger charge is 2.45. The Labute approximate surface area is 198 Å². The molecule has 5 rings (SSSR count). The quantitative estimate of drug-likeness (QED) is 0.480. The van der Waals surface area contributed by atoms with Crippen LogP contribution in [0.3, 0.4) is 0 Å². The minimum absolute atomic E-state index is 0.0124. The van der Waals surface area contributed by atoms with Gasteiger partial charge in [-0.2, -0.15) is 0 Å². The van der Waals surface area contributed by atoms with Gasteiger partial charge < -0.3 is 23.7 Å². The lowest BCUT2D eigenvalue weighted by Gasteiger charge is -2.45. The molecule has 1 spiro atoms. The summed E-state index contributed by atoms with van der Waals surface area (Å²) in [5, 5.41) is 0.571. The number of halogens is 4. The number of methoxy groups -OCH3 is 1. The summed E-state index contributed by atoms with van der Waals surface area (Å²) in [6, 6.07) is 12.9. The first-order valence-corrected chi connectivity index (χ1v) is 11.0. The van der Waals surface area contributed by atoms with E-state index < -0.39 is 17.7 Å². The minimum Gasteiger partial charge on any atom is -0.496 e. The van der Waals surface area contributed by atoms with E-state index in [1.807, 2.05) is 30.5 Å². The molecule has 2 aromatic carbocycles. The fourth-order valence-electron chi connectivity index (χ4n) is 4.64. The molecule has 1 fully saturated rings. The van der Waals surface area contributed by atoms with E-state index in [-0.39, 0.29) is 17.2 Å². The average Bonchev–Trinajstić information content (AvgIpc) is 3.29. The molecule has 6 nitrogen and oxygen atoms in total. The van der Waals surface area contributed by atoms with Crippen LogP contribution in [0.1, 0.15) is 28.9 Å². The maximum absolute atomic E-state index is 13.2. The van der Waals surface area contributed by atoms with Crippen LogP contribution in [0, 0.1) is 0 Å². The van der Waals surface area contributed by atoms with Crippen LogP contribution in [0.25, 0.3) is 5.69 Å². The molecule has 10 heteroatoms. The van der Waals surface area contributed by atoms with E-state index in [1.54, 1.807) is 11.0 Å². The Morgan fingerprint density at radius 3 is 2.59 bits per heavy atom. The molecular formula is C24H20ClF3N2O4. The van der Waals surface area contributed by atoms with Gasteiger partial charge in [0.1, 0.15) is 17.2 Å². The predicted molar refractivity (Wildman–Crippen MR) is 118 cm³/mol. The molecule has 1 aromatic heterocycles. The zero-order valence-electron chi connectivity index (χ0n) is 18.1. The summed E-state index contributed by atoms with van der Waals surface area (Å²) in [7, 11) is 1.29. The standard InChI is InChI=1S/C24H20ClF3N2O4/c1-32-19-14-16(33-24(26,27)28)5-6-17(19)22(31)29-11-8-23(9-12-29)21-3-2-10-30(21)18-7-4-15(25)13-20(18)34-23/h2-7,10,13-14H,8-9,11-12H2,1H3. The van der Waals surface area contributed by atoms with Gasteiger partial charge >= 0.3 is 6.36 Å². The highest BCUT2D eigenvalue weighted by molar-refractivity contribution is 6.30. The molecule has 0 atom stereocenters. The van der Waals surface area contributed by atoms with Crippen LogP contribution in [0.4, 0.5) is 13.2 Å². The molecule has 178 valence electrons. The first-order chi connectivity index (χ1) is 16.2. The Kier molecular flexibility index (Phi) is 5.39. The number of amides is 1. The number of aromatic nitrogens is 1. The highest BCUT2D eigenvalue weighted by atomic mass is 35.5. The number of fused-ring (bicyclic) bond motifs is 4. The smallest absolute Gasteiger partial charge is 0.496 e. The van der Waals surface area contributed by atoms with Gasteiger partial charge in [-0.1, -0.05) is 11.6 Å². The predicted octanol–water partition coefficient (Wildman–Crippen LogP) is 5.56. The number of ether oxygens (including phenoxy) is 3. The minimum atomic E-state index is -4.84. The van der Waals surface area contributed by atoms with Crippen molar-refractivity contribution in [3.63, 3.8) is 0 Å². The molecular weight excluding hydrogens is 473 g/mol. The van der Waals surface area contributed by atoms with Crippen molar-refractivity contribution in [1.29, 1.82) is 0 Å². The fourth-order valence-corrected chi connectivity index (χ4v) is 4.80. The van der Waals surface area contributed by atoms with Crippen molar-refractivity contribution in [1.82, 2.24) is 9.47 Å². The van der Waals surface area contributed by atoms with Gasteiger partial charge in [0.05, 0.1) is 24.1 Å². The van der Waals surface area contributed by atoms with E-state index in [9.17, 15) is 18.0 Å². The molecule has 1 saturated heterocycles. The van der Waals surface area contributed by atoms with Gasteiger partial charge in [-0.05, 0) is 36.4 Å². The summed E-state index contributed by atoms with van der Waals surface area (Å²) in [4.78, 5) is 14.9. The normalized spacial score (nSPS) is 16.4. The van der Waals surface area contributed by atoms with Crippen molar-refractivity contribution >= 4 is 17.5 Å². The molecule has 0 aliphatic carbocycles. The highest BCUT2D eigenvalue weighted by Crippen LogP contribution is 2.46. The van der Waals surface area contributed by atoms with Crippen molar-refractivity contribution in [2.75, 3.05) is 20.2 Å². The topological polar surface area (TPSA) is 52.9 Å². The molecule has 0 N–H and O–H groups in total. The van der Waals surface area contributed by atoms with E-state index in [0.29, 0.717) is 36.7 Å². The van der Waals surface area contributed by atoms with E-state index in [1.165, 1.54) is 13.2 Å². The zero-order chi connectivity index (χ0) is 24.1. The van der Waals surface area contributed by atoms with Crippen LogP contribution in [0.15, 0.2) is 54.7 Å². The molecule has 3 heterocycles. The van der Waals surface area contributed by atoms with E-state index in [2.05, 4.69) is 9.30 Å². The van der Waals surface area contributed by atoms with Crippen LogP contribution in [0.5, 0.6) is 17.2 Å². The van der Waals surface area contributed by atoms with Crippen molar-refractivity contribution in [2.45, 2.75) is 24.8 Å². The number of rotatable bonds is 3. The van der Waals surface area contributed by atoms with Crippen LogP contribution in [0.2, 0.25) is 5.02 Å².